The van der Waals surface area contributed by atoms with Gasteiger partial charge in [0.05, 0.1) is 32.0 Å². The molecule has 0 aliphatic heterocycles. The number of aliphatic hydroxyl groups excluding tert-OH is 4. The van der Waals surface area contributed by atoms with Gasteiger partial charge in [-0.3, -0.25) is 18.6 Å². The molecule has 57 heavy (non-hydrogen) atoms. The predicted octanol–water partition coefficient (Wildman–Crippen LogP) is 8.83. The van der Waals surface area contributed by atoms with Crippen LogP contribution >= 0.6 is 7.82 Å². The van der Waals surface area contributed by atoms with Crippen LogP contribution in [-0.2, 0) is 32.7 Å². The lowest BCUT2D eigenvalue weighted by Gasteiger charge is -2.20. The van der Waals surface area contributed by atoms with Crippen molar-refractivity contribution in [1.82, 2.24) is 0 Å². The van der Waals surface area contributed by atoms with Crippen LogP contribution in [0.2, 0.25) is 0 Å². The topological polar surface area (TPSA) is 189 Å². The number of phosphoric ester groups is 1. The number of hydrogen-bond acceptors (Lipinski definition) is 11. The minimum absolute atomic E-state index is 0.0134. The van der Waals surface area contributed by atoms with E-state index < -0.39 is 70.6 Å². The molecular weight excluding hydrogens is 751 g/mol. The van der Waals surface area contributed by atoms with Gasteiger partial charge in [-0.15, -0.1) is 0 Å². The molecule has 0 aliphatic carbocycles. The number of allylic oxidation sites excluding steroid dienone is 10. The molecule has 0 heterocycles. The fourth-order valence-electron chi connectivity index (χ4n) is 5.18. The second-order valence-corrected chi connectivity index (χ2v) is 15.5. The van der Waals surface area contributed by atoms with Crippen LogP contribution in [0.3, 0.4) is 0 Å². The third-order valence-electron chi connectivity index (χ3n) is 8.54. The normalized spacial score (nSPS) is 15.7. The van der Waals surface area contributed by atoms with E-state index in [1.54, 1.807) is 18.2 Å². The molecule has 0 aromatic heterocycles. The van der Waals surface area contributed by atoms with Gasteiger partial charge in [0.2, 0.25) is 0 Å². The zero-order chi connectivity index (χ0) is 42.2. The van der Waals surface area contributed by atoms with E-state index in [-0.39, 0.29) is 12.8 Å². The molecule has 0 aliphatic rings. The maximum Gasteiger partial charge on any atom is 0.472 e. The molecule has 0 saturated carbocycles. The summed E-state index contributed by atoms with van der Waals surface area (Å²) < 4.78 is 32.5. The Labute approximate surface area is 343 Å². The summed E-state index contributed by atoms with van der Waals surface area (Å²) in [7, 11) is -4.68. The Bertz CT molecular complexity index is 1210. The lowest BCUT2D eigenvalue weighted by Crippen LogP contribution is -2.30. The molecule has 0 aromatic rings. The maximum atomic E-state index is 12.6. The number of aliphatic hydroxyl groups is 4. The molecule has 0 fully saturated rings. The van der Waals surface area contributed by atoms with Gasteiger partial charge in [-0.25, -0.2) is 4.57 Å². The summed E-state index contributed by atoms with van der Waals surface area (Å²) in [5.41, 5.74) is 0. The first-order chi connectivity index (χ1) is 27.5. The van der Waals surface area contributed by atoms with Crippen LogP contribution in [0.1, 0.15) is 142 Å². The SMILES string of the molecule is CCCCC/C=C\C/C=C\CCCCCCCC(=O)O[C@H](COC(=O)CCC[C@@H](O)/C=C/C=C\C/C=C\C=C\[C@@H](O)CCCCC)COP(=O)(O)OC[C@@H](O)CO. The quantitative estimate of drug-likeness (QED) is 0.0131. The first-order valence-corrected chi connectivity index (χ1v) is 22.6. The Morgan fingerprint density at radius 2 is 1.12 bits per heavy atom. The fourth-order valence-corrected chi connectivity index (χ4v) is 5.97. The molecule has 0 aromatic carbocycles. The number of esters is 2. The van der Waals surface area contributed by atoms with Gasteiger partial charge in [-0.05, 0) is 64.2 Å². The molecule has 12 nitrogen and oxygen atoms in total. The van der Waals surface area contributed by atoms with Gasteiger partial charge in [-0.2, -0.15) is 0 Å². The van der Waals surface area contributed by atoms with Crippen molar-refractivity contribution < 1.29 is 58.0 Å². The number of hydrogen-bond donors (Lipinski definition) is 5. The number of carbonyl (C=O) groups excluding carboxylic acids is 2. The van der Waals surface area contributed by atoms with Crippen molar-refractivity contribution in [3.63, 3.8) is 0 Å². The van der Waals surface area contributed by atoms with Crippen molar-refractivity contribution in [2.24, 2.45) is 0 Å². The van der Waals surface area contributed by atoms with Gasteiger partial charge in [0.15, 0.2) is 6.10 Å². The van der Waals surface area contributed by atoms with E-state index in [4.69, 9.17) is 19.1 Å². The largest absolute Gasteiger partial charge is 0.472 e. The molecule has 13 heteroatoms. The van der Waals surface area contributed by atoms with E-state index >= 15 is 0 Å². The zero-order valence-corrected chi connectivity index (χ0v) is 35.6. The first kappa shape index (κ1) is 54.3. The molecule has 5 N–H and O–H groups in total. The Hall–Kier alpha value is -2.67. The van der Waals surface area contributed by atoms with Crippen LogP contribution in [0.25, 0.3) is 0 Å². The fraction of sp³-hybridized carbons (Fsp3) is 0.682. The van der Waals surface area contributed by atoms with E-state index in [1.165, 1.54) is 19.3 Å². The molecule has 1 unspecified atom stereocenters. The van der Waals surface area contributed by atoms with E-state index in [0.717, 1.165) is 70.6 Å². The molecular formula is C44H75O12P. The van der Waals surface area contributed by atoms with Gasteiger partial charge >= 0.3 is 19.8 Å². The highest BCUT2D eigenvalue weighted by Gasteiger charge is 2.27. The van der Waals surface area contributed by atoms with Crippen molar-refractivity contribution in [2.75, 3.05) is 26.4 Å². The summed E-state index contributed by atoms with van der Waals surface area (Å²) in [5, 5.41) is 38.4. The summed E-state index contributed by atoms with van der Waals surface area (Å²) >= 11 is 0. The van der Waals surface area contributed by atoms with Crippen LogP contribution in [-0.4, -0.2) is 88.1 Å². The number of ether oxygens (including phenoxy) is 2. The summed E-state index contributed by atoms with van der Waals surface area (Å²) in [4.78, 5) is 35.0. The zero-order valence-electron chi connectivity index (χ0n) is 34.7. The lowest BCUT2D eigenvalue weighted by molar-refractivity contribution is -0.161. The minimum Gasteiger partial charge on any atom is -0.462 e. The third-order valence-corrected chi connectivity index (χ3v) is 9.49. The maximum absolute atomic E-state index is 12.6. The molecule has 0 amide bonds. The Morgan fingerprint density at radius 3 is 1.75 bits per heavy atom. The molecule has 328 valence electrons. The number of carbonyl (C=O) groups is 2. The average molecular weight is 827 g/mol. The van der Waals surface area contributed by atoms with Crippen LogP contribution in [0, 0.1) is 0 Å². The summed E-state index contributed by atoms with van der Waals surface area (Å²) in [5.74, 6) is -1.18. The summed E-state index contributed by atoms with van der Waals surface area (Å²) in [6, 6.07) is 0. The lowest BCUT2D eigenvalue weighted by atomic mass is 10.1. The van der Waals surface area contributed by atoms with Crippen LogP contribution in [0.4, 0.5) is 0 Å². The Morgan fingerprint density at radius 1 is 0.596 bits per heavy atom. The number of phosphoric acid groups is 1. The van der Waals surface area contributed by atoms with Crippen LogP contribution in [0.5, 0.6) is 0 Å². The van der Waals surface area contributed by atoms with E-state index in [2.05, 4.69) is 42.7 Å². The Balaban J connectivity index is 4.59. The van der Waals surface area contributed by atoms with Gasteiger partial charge in [0, 0.05) is 12.8 Å². The molecule has 0 saturated heterocycles. The highest BCUT2D eigenvalue weighted by molar-refractivity contribution is 7.47. The highest BCUT2D eigenvalue weighted by atomic mass is 31.2. The van der Waals surface area contributed by atoms with Crippen molar-refractivity contribution in [2.45, 2.75) is 167 Å². The van der Waals surface area contributed by atoms with Gasteiger partial charge in [0.25, 0.3) is 0 Å². The van der Waals surface area contributed by atoms with E-state index in [9.17, 15) is 34.4 Å². The first-order valence-electron chi connectivity index (χ1n) is 21.1. The van der Waals surface area contributed by atoms with E-state index in [0.29, 0.717) is 25.7 Å². The van der Waals surface area contributed by atoms with Gasteiger partial charge in [-0.1, -0.05) is 138 Å². The number of rotatable bonds is 38. The molecule has 0 spiro atoms. The monoisotopic (exact) mass is 826 g/mol. The predicted molar refractivity (Wildman–Crippen MR) is 226 cm³/mol. The highest BCUT2D eigenvalue weighted by Crippen LogP contribution is 2.43. The molecule has 0 rings (SSSR count). The van der Waals surface area contributed by atoms with Crippen LogP contribution in [0.15, 0.2) is 72.9 Å². The minimum atomic E-state index is -4.68. The third kappa shape index (κ3) is 38.6. The number of unbranched alkanes of at least 4 members (excludes halogenated alkanes) is 10. The van der Waals surface area contributed by atoms with Gasteiger partial charge in [0.1, 0.15) is 12.7 Å². The molecule has 0 bridgehead atoms. The summed E-state index contributed by atoms with van der Waals surface area (Å²) in [6.45, 7) is 1.95. The van der Waals surface area contributed by atoms with Crippen molar-refractivity contribution in [1.29, 1.82) is 0 Å². The van der Waals surface area contributed by atoms with Crippen LogP contribution < -0.4 is 0 Å². The van der Waals surface area contributed by atoms with Crippen molar-refractivity contribution in [3.8, 4) is 0 Å². The summed E-state index contributed by atoms with van der Waals surface area (Å²) in [6.07, 6.45) is 36.5. The Kier molecular flexibility index (Phi) is 37.0. The van der Waals surface area contributed by atoms with Gasteiger partial charge < -0.3 is 34.8 Å². The van der Waals surface area contributed by atoms with Crippen molar-refractivity contribution >= 4 is 19.8 Å². The van der Waals surface area contributed by atoms with Crippen molar-refractivity contribution in [3.05, 3.63) is 72.9 Å². The molecule has 5 atom stereocenters. The second-order valence-electron chi connectivity index (χ2n) is 14.1. The standard InChI is InChI=1S/C44H75O12P/c1-3-5-7-8-9-10-11-12-13-14-15-16-20-23-27-33-44(50)56-42(38-55-57(51,52)54-36-41(48)35-45)37-53-43(49)34-28-32-40(47)31-26-22-19-17-18-21-25-30-39(46)29-24-6-4-2/h9-10,12-13,18-19,21-22,25-26,30-31,39-42,45-48H,3-8,11,14-17,20,23-24,27-29,32-38H2,1-2H3,(H,51,52)/b10-9-,13-12-,21-18-,22-19-,30-25+,31-26+/t39-,40-,41-,42+/m0/s1. The second kappa shape index (κ2) is 38.8. The average Bonchev–Trinajstić information content (AvgIpc) is 3.18. The smallest absolute Gasteiger partial charge is 0.462 e. The molecule has 0 radical (unpaired) electrons. The van der Waals surface area contributed by atoms with E-state index in [1.807, 2.05) is 30.4 Å².